The standard InChI is InChI=1S/C9H19FN2O/c1-12(7-9(13)5-10)8-3-2-4-11-6-8/h8-9,11,13H,2-7H2,1H3. The number of aliphatic hydroxyl groups is 1. The predicted octanol–water partition coefficient (Wildman–Crippen LogP) is 0.000600. The summed E-state index contributed by atoms with van der Waals surface area (Å²) in [7, 11) is 1.94. The van der Waals surface area contributed by atoms with E-state index in [2.05, 4.69) is 5.32 Å². The first-order valence-electron chi connectivity index (χ1n) is 4.89. The number of hydrogen-bond donors (Lipinski definition) is 2. The van der Waals surface area contributed by atoms with Gasteiger partial charge >= 0.3 is 0 Å². The van der Waals surface area contributed by atoms with Crippen molar-refractivity contribution in [3.63, 3.8) is 0 Å². The van der Waals surface area contributed by atoms with E-state index in [-0.39, 0.29) is 0 Å². The molecule has 0 aromatic heterocycles. The van der Waals surface area contributed by atoms with Crippen LogP contribution in [0, 0.1) is 0 Å². The van der Waals surface area contributed by atoms with Crippen LogP contribution in [0.3, 0.4) is 0 Å². The van der Waals surface area contributed by atoms with Crippen LogP contribution in [0.25, 0.3) is 0 Å². The highest BCUT2D eigenvalue weighted by Gasteiger charge is 2.19. The van der Waals surface area contributed by atoms with Crippen molar-refractivity contribution in [2.45, 2.75) is 25.0 Å². The van der Waals surface area contributed by atoms with E-state index >= 15 is 0 Å². The molecule has 1 saturated heterocycles. The summed E-state index contributed by atoms with van der Waals surface area (Å²) in [6.07, 6.45) is 1.48. The Balaban J connectivity index is 2.24. The number of nitrogens with one attached hydrogen (secondary N) is 1. The lowest BCUT2D eigenvalue weighted by Gasteiger charge is -2.32. The topological polar surface area (TPSA) is 35.5 Å². The number of likely N-dealkylation sites (N-methyl/N-ethyl adjacent to an activating group) is 1. The zero-order chi connectivity index (χ0) is 9.68. The maximum Gasteiger partial charge on any atom is 0.117 e. The number of halogens is 1. The van der Waals surface area contributed by atoms with Gasteiger partial charge in [0, 0.05) is 19.1 Å². The third-order valence-electron chi connectivity index (χ3n) is 2.57. The van der Waals surface area contributed by atoms with Crippen LogP contribution in [-0.2, 0) is 0 Å². The van der Waals surface area contributed by atoms with Gasteiger partial charge in [0.25, 0.3) is 0 Å². The molecule has 2 unspecified atom stereocenters. The summed E-state index contributed by atoms with van der Waals surface area (Å²) in [6, 6.07) is 0.454. The van der Waals surface area contributed by atoms with Crippen molar-refractivity contribution in [1.82, 2.24) is 10.2 Å². The number of piperidine rings is 1. The molecule has 2 atom stereocenters. The van der Waals surface area contributed by atoms with Gasteiger partial charge in [0.2, 0.25) is 0 Å². The quantitative estimate of drug-likeness (QED) is 0.655. The molecule has 3 nitrogen and oxygen atoms in total. The average Bonchev–Trinajstić information content (AvgIpc) is 2.19. The molecule has 1 aliphatic heterocycles. The molecule has 1 aliphatic rings. The molecule has 1 rings (SSSR count). The summed E-state index contributed by atoms with van der Waals surface area (Å²) in [4.78, 5) is 2.04. The highest BCUT2D eigenvalue weighted by atomic mass is 19.1. The molecule has 0 spiro atoms. The predicted molar refractivity (Wildman–Crippen MR) is 50.5 cm³/mol. The molecule has 13 heavy (non-hydrogen) atoms. The monoisotopic (exact) mass is 190 g/mol. The van der Waals surface area contributed by atoms with Gasteiger partial charge in [0.05, 0.1) is 6.10 Å². The zero-order valence-corrected chi connectivity index (χ0v) is 8.17. The Bertz CT molecular complexity index is 140. The number of nitrogens with zero attached hydrogens (tertiary/aromatic N) is 1. The number of rotatable bonds is 4. The minimum Gasteiger partial charge on any atom is -0.389 e. The molecule has 0 aromatic rings. The molecule has 1 fully saturated rings. The van der Waals surface area contributed by atoms with E-state index in [1.165, 1.54) is 6.42 Å². The normalized spacial score (nSPS) is 26.3. The van der Waals surface area contributed by atoms with Crippen molar-refractivity contribution in [2.24, 2.45) is 0 Å². The highest BCUT2D eigenvalue weighted by Crippen LogP contribution is 2.08. The van der Waals surface area contributed by atoms with E-state index in [4.69, 9.17) is 5.11 Å². The molecule has 0 aromatic carbocycles. The second-order valence-electron chi connectivity index (χ2n) is 3.75. The van der Waals surface area contributed by atoms with E-state index in [1.807, 2.05) is 11.9 Å². The first-order chi connectivity index (χ1) is 6.24. The first kappa shape index (κ1) is 10.9. The Labute approximate surface area is 78.9 Å². The maximum atomic E-state index is 12.0. The number of alkyl halides is 1. The summed E-state index contributed by atoms with van der Waals surface area (Å²) in [5, 5.41) is 12.4. The molecule has 0 radical (unpaired) electrons. The van der Waals surface area contributed by atoms with Crippen molar-refractivity contribution in [3.05, 3.63) is 0 Å². The van der Waals surface area contributed by atoms with Crippen molar-refractivity contribution >= 4 is 0 Å². The molecule has 4 heteroatoms. The number of aliphatic hydroxyl groups excluding tert-OH is 1. The van der Waals surface area contributed by atoms with Gasteiger partial charge in [-0.1, -0.05) is 0 Å². The second kappa shape index (κ2) is 5.52. The fourth-order valence-corrected chi connectivity index (χ4v) is 1.74. The first-order valence-corrected chi connectivity index (χ1v) is 4.89. The molecule has 2 N–H and O–H groups in total. The number of hydrogen-bond acceptors (Lipinski definition) is 3. The van der Waals surface area contributed by atoms with Gasteiger partial charge < -0.3 is 10.4 Å². The minimum atomic E-state index is -0.827. The summed E-state index contributed by atoms with van der Waals surface area (Å²) in [6.45, 7) is 1.82. The smallest absolute Gasteiger partial charge is 0.117 e. The van der Waals surface area contributed by atoms with Crippen LogP contribution < -0.4 is 5.32 Å². The van der Waals surface area contributed by atoms with E-state index in [1.54, 1.807) is 0 Å². The Morgan fingerprint density at radius 2 is 2.46 bits per heavy atom. The average molecular weight is 190 g/mol. The SMILES string of the molecule is CN(CC(O)CF)C1CCCNC1. The van der Waals surface area contributed by atoms with Gasteiger partial charge in [-0.05, 0) is 26.4 Å². The van der Waals surface area contributed by atoms with Gasteiger partial charge in [-0.15, -0.1) is 0 Å². The van der Waals surface area contributed by atoms with Crippen LogP contribution in [0.1, 0.15) is 12.8 Å². The molecule has 0 amide bonds. The lowest BCUT2D eigenvalue weighted by Crippen LogP contribution is -2.46. The molecule has 0 aliphatic carbocycles. The van der Waals surface area contributed by atoms with E-state index in [0.29, 0.717) is 12.6 Å². The molecular formula is C9H19FN2O. The summed E-state index contributed by atoms with van der Waals surface area (Å²) < 4.78 is 12.0. The van der Waals surface area contributed by atoms with Crippen molar-refractivity contribution < 1.29 is 9.50 Å². The van der Waals surface area contributed by atoms with E-state index in [0.717, 1.165) is 19.5 Å². The zero-order valence-electron chi connectivity index (χ0n) is 8.17. The molecule has 0 bridgehead atoms. The Morgan fingerprint density at radius 3 is 3.00 bits per heavy atom. The molecule has 0 saturated carbocycles. The van der Waals surface area contributed by atoms with Crippen molar-refractivity contribution in [2.75, 3.05) is 33.4 Å². The van der Waals surface area contributed by atoms with Crippen LogP contribution >= 0.6 is 0 Å². The highest BCUT2D eigenvalue weighted by molar-refractivity contribution is 4.77. The van der Waals surface area contributed by atoms with Crippen LogP contribution in [-0.4, -0.2) is 55.5 Å². The molecule has 78 valence electrons. The maximum absolute atomic E-state index is 12.0. The van der Waals surface area contributed by atoms with Crippen LogP contribution in [0.15, 0.2) is 0 Å². The summed E-state index contributed by atoms with van der Waals surface area (Å²) in [5.74, 6) is 0. The third-order valence-corrected chi connectivity index (χ3v) is 2.57. The van der Waals surface area contributed by atoms with Crippen molar-refractivity contribution in [3.8, 4) is 0 Å². The van der Waals surface area contributed by atoms with Gasteiger partial charge in [-0.2, -0.15) is 0 Å². The summed E-state index contributed by atoms with van der Waals surface area (Å²) >= 11 is 0. The third kappa shape index (κ3) is 3.58. The van der Waals surface area contributed by atoms with Gasteiger partial charge in [-0.25, -0.2) is 4.39 Å². The van der Waals surface area contributed by atoms with Gasteiger partial charge in [0.15, 0.2) is 0 Å². The molecular weight excluding hydrogens is 171 g/mol. The molecule has 1 heterocycles. The fourth-order valence-electron chi connectivity index (χ4n) is 1.74. The second-order valence-corrected chi connectivity index (χ2v) is 3.75. The Hall–Kier alpha value is -0.190. The lowest BCUT2D eigenvalue weighted by molar-refractivity contribution is 0.0768. The Morgan fingerprint density at radius 1 is 1.69 bits per heavy atom. The lowest BCUT2D eigenvalue weighted by atomic mass is 10.1. The van der Waals surface area contributed by atoms with E-state index in [9.17, 15) is 4.39 Å². The Kier molecular flexibility index (Phi) is 4.62. The largest absolute Gasteiger partial charge is 0.389 e. The van der Waals surface area contributed by atoms with Crippen LogP contribution in [0.4, 0.5) is 4.39 Å². The van der Waals surface area contributed by atoms with Crippen LogP contribution in [0.5, 0.6) is 0 Å². The fraction of sp³-hybridized carbons (Fsp3) is 1.00. The summed E-state index contributed by atoms with van der Waals surface area (Å²) in [5.41, 5.74) is 0. The minimum absolute atomic E-state index is 0.433. The van der Waals surface area contributed by atoms with Gasteiger partial charge in [-0.3, -0.25) is 4.90 Å². The van der Waals surface area contributed by atoms with Crippen LogP contribution in [0.2, 0.25) is 0 Å². The van der Waals surface area contributed by atoms with Gasteiger partial charge in [0.1, 0.15) is 6.67 Å². The van der Waals surface area contributed by atoms with E-state index < -0.39 is 12.8 Å². The van der Waals surface area contributed by atoms with Crippen molar-refractivity contribution in [1.29, 1.82) is 0 Å².